The molecule has 0 aliphatic rings. The molecule has 1 atom stereocenters. The van der Waals surface area contributed by atoms with Crippen molar-refractivity contribution in [2.45, 2.75) is 37.2 Å². The zero-order chi connectivity index (χ0) is 12.2. The molecule has 0 aliphatic heterocycles. The van der Waals surface area contributed by atoms with E-state index in [1.807, 2.05) is 12.1 Å². The number of methoxy groups -OCH3 is 1. The standard InChI is InChI=1S/C13H22OSSi/c1-11(16(3,4)5)15-10-12-6-8-13(14-2)9-7-12/h6-9,11H,10H2,1-5H3. The largest absolute Gasteiger partial charge is 0.497 e. The predicted octanol–water partition coefficient (Wildman–Crippen LogP) is 4.19. The van der Waals surface area contributed by atoms with Gasteiger partial charge in [-0.25, -0.2) is 0 Å². The molecule has 16 heavy (non-hydrogen) atoms. The summed E-state index contributed by atoms with van der Waals surface area (Å²) >= 11 is 2.07. The maximum absolute atomic E-state index is 5.15. The lowest BCUT2D eigenvalue weighted by Crippen LogP contribution is -2.33. The first kappa shape index (κ1) is 13.7. The van der Waals surface area contributed by atoms with Crippen LogP contribution in [0.25, 0.3) is 0 Å². The van der Waals surface area contributed by atoms with Crippen molar-refractivity contribution in [2.75, 3.05) is 7.11 Å². The molecule has 1 unspecified atom stereocenters. The molecule has 1 aromatic rings. The van der Waals surface area contributed by atoms with Gasteiger partial charge in [0.2, 0.25) is 0 Å². The molecule has 1 aromatic carbocycles. The lowest BCUT2D eigenvalue weighted by atomic mass is 10.2. The molecule has 90 valence electrons. The summed E-state index contributed by atoms with van der Waals surface area (Å²) in [7, 11) is 0.711. The third kappa shape index (κ3) is 4.22. The first-order chi connectivity index (χ1) is 7.43. The smallest absolute Gasteiger partial charge is 0.118 e. The highest BCUT2D eigenvalue weighted by molar-refractivity contribution is 8.00. The van der Waals surface area contributed by atoms with Gasteiger partial charge in [0, 0.05) is 5.75 Å². The van der Waals surface area contributed by atoms with Gasteiger partial charge >= 0.3 is 0 Å². The van der Waals surface area contributed by atoms with Crippen molar-refractivity contribution < 1.29 is 4.74 Å². The monoisotopic (exact) mass is 254 g/mol. The van der Waals surface area contributed by atoms with Crippen molar-refractivity contribution in [3.63, 3.8) is 0 Å². The summed E-state index contributed by atoms with van der Waals surface area (Å²) in [5.41, 5.74) is 1.39. The van der Waals surface area contributed by atoms with Gasteiger partial charge in [0.25, 0.3) is 0 Å². The molecule has 0 aromatic heterocycles. The summed E-state index contributed by atoms with van der Waals surface area (Å²) in [4.78, 5) is 0.801. The second-order valence-corrected chi connectivity index (χ2v) is 12.5. The quantitative estimate of drug-likeness (QED) is 0.729. The summed E-state index contributed by atoms with van der Waals surface area (Å²) < 4.78 is 5.15. The van der Waals surface area contributed by atoms with Crippen LogP contribution in [0, 0.1) is 0 Å². The van der Waals surface area contributed by atoms with Gasteiger partial charge in [0.15, 0.2) is 0 Å². The van der Waals surface area contributed by atoms with Gasteiger partial charge in [0.1, 0.15) is 5.75 Å². The third-order valence-electron chi connectivity index (χ3n) is 2.88. The molecule has 0 aliphatic carbocycles. The van der Waals surface area contributed by atoms with Crippen molar-refractivity contribution in [3.05, 3.63) is 29.8 Å². The van der Waals surface area contributed by atoms with Gasteiger partial charge in [-0.2, -0.15) is 11.8 Å². The minimum Gasteiger partial charge on any atom is -0.497 e. The molecule has 0 saturated heterocycles. The second kappa shape index (κ2) is 5.78. The molecule has 0 saturated carbocycles. The topological polar surface area (TPSA) is 9.23 Å². The Kier molecular flexibility index (Phi) is 4.93. The zero-order valence-electron chi connectivity index (χ0n) is 10.9. The van der Waals surface area contributed by atoms with Crippen LogP contribution in [0.1, 0.15) is 12.5 Å². The predicted molar refractivity (Wildman–Crippen MR) is 77.1 cm³/mol. The van der Waals surface area contributed by atoms with E-state index in [1.54, 1.807) is 7.11 Å². The van der Waals surface area contributed by atoms with Gasteiger partial charge in [-0.3, -0.25) is 0 Å². The van der Waals surface area contributed by atoms with Crippen LogP contribution in [0.4, 0.5) is 0 Å². The summed E-state index contributed by atoms with van der Waals surface area (Å²) in [6, 6.07) is 8.38. The van der Waals surface area contributed by atoms with Crippen LogP contribution in [-0.4, -0.2) is 20.1 Å². The van der Waals surface area contributed by atoms with Crippen LogP contribution in [0.5, 0.6) is 5.75 Å². The fourth-order valence-corrected chi connectivity index (χ4v) is 4.08. The first-order valence-corrected chi connectivity index (χ1v) is 10.3. The first-order valence-electron chi connectivity index (χ1n) is 5.68. The van der Waals surface area contributed by atoms with Crippen LogP contribution in [-0.2, 0) is 5.75 Å². The van der Waals surface area contributed by atoms with Gasteiger partial charge in [-0.05, 0) is 22.6 Å². The molecule has 0 spiro atoms. The number of hydrogen-bond donors (Lipinski definition) is 0. The average Bonchev–Trinajstić information content (AvgIpc) is 2.25. The summed E-state index contributed by atoms with van der Waals surface area (Å²) in [6.07, 6.45) is 0. The van der Waals surface area contributed by atoms with E-state index in [4.69, 9.17) is 4.74 Å². The van der Waals surface area contributed by atoms with E-state index in [0.29, 0.717) is 0 Å². The molecular formula is C13H22OSSi. The summed E-state index contributed by atoms with van der Waals surface area (Å²) in [5.74, 6) is 2.04. The van der Waals surface area contributed by atoms with Gasteiger partial charge in [-0.15, -0.1) is 0 Å². The lowest BCUT2D eigenvalue weighted by molar-refractivity contribution is 0.414. The normalized spacial score (nSPS) is 13.6. The Morgan fingerprint density at radius 1 is 1.19 bits per heavy atom. The van der Waals surface area contributed by atoms with Crippen LogP contribution in [0.15, 0.2) is 24.3 Å². The summed E-state index contributed by atoms with van der Waals surface area (Å²) in [5, 5.41) is 0. The van der Waals surface area contributed by atoms with Gasteiger partial charge in [0.05, 0.1) is 15.2 Å². The molecule has 0 amide bonds. The SMILES string of the molecule is COc1ccc(CSC(C)[Si](C)(C)C)cc1. The number of thioether (sulfide) groups is 1. The van der Waals surface area contributed by atoms with Crippen molar-refractivity contribution in [1.82, 2.24) is 0 Å². The second-order valence-electron chi connectivity index (χ2n) is 5.17. The van der Waals surface area contributed by atoms with Gasteiger partial charge < -0.3 is 4.74 Å². The fraction of sp³-hybridized carbons (Fsp3) is 0.538. The van der Waals surface area contributed by atoms with E-state index < -0.39 is 8.07 Å². The molecule has 0 radical (unpaired) electrons. The van der Waals surface area contributed by atoms with E-state index in [0.717, 1.165) is 16.4 Å². The minimum atomic E-state index is -0.994. The van der Waals surface area contributed by atoms with Crippen LogP contribution < -0.4 is 4.74 Å². The van der Waals surface area contributed by atoms with E-state index >= 15 is 0 Å². The highest BCUT2D eigenvalue weighted by Crippen LogP contribution is 2.25. The molecule has 0 bridgehead atoms. The Balaban J connectivity index is 2.48. The van der Waals surface area contributed by atoms with E-state index in [9.17, 15) is 0 Å². The van der Waals surface area contributed by atoms with E-state index in [1.165, 1.54) is 5.56 Å². The maximum Gasteiger partial charge on any atom is 0.118 e. The van der Waals surface area contributed by atoms with Crippen molar-refractivity contribution >= 4 is 19.8 Å². The molecule has 0 N–H and O–H groups in total. The van der Waals surface area contributed by atoms with Crippen LogP contribution in [0.3, 0.4) is 0 Å². The Hall–Kier alpha value is -0.413. The number of hydrogen-bond acceptors (Lipinski definition) is 2. The Bertz CT molecular complexity index is 316. The minimum absolute atomic E-state index is 0.801. The molecule has 0 heterocycles. The highest BCUT2D eigenvalue weighted by Gasteiger charge is 2.22. The average molecular weight is 254 g/mol. The molecule has 1 rings (SSSR count). The Morgan fingerprint density at radius 3 is 2.19 bits per heavy atom. The van der Waals surface area contributed by atoms with Crippen LogP contribution >= 0.6 is 11.8 Å². The van der Waals surface area contributed by atoms with E-state index in [-0.39, 0.29) is 0 Å². The molecule has 3 heteroatoms. The number of ether oxygens (including phenoxy) is 1. The highest BCUT2D eigenvalue weighted by atomic mass is 32.2. The van der Waals surface area contributed by atoms with Crippen molar-refractivity contribution in [3.8, 4) is 5.75 Å². The molecular weight excluding hydrogens is 232 g/mol. The van der Waals surface area contributed by atoms with Gasteiger partial charge in [-0.1, -0.05) is 38.7 Å². The van der Waals surface area contributed by atoms with Crippen molar-refractivity contribution in [1.29, 1.82) is 0 Å². The summed E-state index contributed by atoms with van der Waals surface area (Å²) in [6.45, 7) is 9.65. The van der Waals surface area contributed by atoms with E-state index in [2.05, 4.69) is 50.5 Å². The zero-order valence-corrected chi connectivity index (χ0v) is 12.7. The fourth-order valence-electron chi connectivity index (χ4n) is 1.19. The molecule has 1 nitrogen and oxygen atoms in total. The number of rotatable bonds is 5. The Labute approximate surface area is 105 Å². The third-order valence-corrected chi connectivity index (χ3v) is 8.94. The number of benzene rings is 1. The maximum atomic E-state index is 5.15. The molecule has 0 fully saturated rings. The van der Waals surface area contributed by atoms with Crippen LogP contribution in [0.2, 0.25) is 19.6 Å². The van der Waals surface area contributed by atoms with Crippen molar-refractivity contribution in [2.24, 2.45) is 0 Å². The lowest BCUT2D eigenvalue weighted by Gasteiger charge is -2.24. The Morgan fingerprint density at radius 2 is 1.75 bits per heavy atom.